The van der Waals surface area contributed by atoms with Gasteiger partial charge in [-0.1, -0.05) is 19.8 Å². The fraction of sp³-hybridized carbons (Fsp3) is 0.923. The Hall–Kier alpha value is -0.610. The summed E-state index contributed by atoms with van der Waals surface area (Å²) < 4.78 is 0. The average Bonchev–Trinajstić information content (AvgIpc) is 2.29. The summed E-state index contributed by atoms with van der Waals surface area (Å²) in [5.74, 6) is 1.43. The Kier molecular flexibility index (Phi) is 4.40. The highest BCUT2D eigenvalue weighted by Gasteiger charge is 2.29. The second-order valence-electron chi connectivity index (χ2n) is 5.76. The smallest absolute Gasteiger partial charge is 0.236 e. The van der Waals surface area contributed by atoms with Gasteiger partial charge in [0.25, 0.3) is 0 Å². The number of nitrogens with two attached hydrogens (primary N) is 1. The highest BCUT2D eigenvalue weighted by molar-refractivity contribution is 5.80. The molecule has 17 heavy (non-hydrogen) atoms. The topological polar surface area (TPSA) is 58.4 Å². The number of hydrogen-bond donors (Lipinski definition) is 2. The number of carbonyl (C=O) groups is 1. The van der Waals surface area contributed by atoms with Crippen molar-refractivity contribution in [2.45, 2.75) is 38.6 Å². The molecule has 0 bridgehead atoms. The SMILES string of the molecule is CC1CCCC(CN2CCNCC2C(N)=O)C1. The Balaban J connectivity index is 1.89. The number of nitrogens with one attached hydrogen (secondary N) is 1. The van der Waals surface area contributed by atoms with Crippen molar-refractivity contribution >= 4 is 5.91 Å². The van der Waals surface area contributed by atoms with Crippen LogP contribution in [0.4, 0.5) is 0 Å². The van der Waals surface area contributed by atoms with Gasteiger partial charge < -0.3 is 11.1 Å². The zero-order valence-electron chi connectivity index (χ0n) is 10.8. The van der Waals surface area contributed by atoms with Gasteiger partial charge in [0.1, 0.15) is 6.04 Å². The molecule has 0 spiro atoms. The standard InChI is InChI=1S/C13H25N3O/c1-10-3-2-4-11(7-10)9-16-6-5-15-8-12(16)13(14)17/h10-12,15H,2-9H2,1H3,(H2,14,17). The molecule has 1 saturated carbocycles. The summed E-state index contributed by atoms with van der Waals surface area (Å²) in [5.41, 5.74) is 5.47. The number of carbonyl (C=O) groups excluding carboxylic acids is 1. The Morgan fingerprint density at radius 3 is 3.00 bits per heavy atom. The van der Waals surface area contributed by atoms with Crippen LogP contribution in [0.3, 0.4) is 0 Å². The lowest BCUT2D eigenvalue weighted by molar-refractivity contribution is -0.124. The van der Waals surface area contributed by atoms with Gasteiger partial charge in [0.05, 0.1) is 0 Å². The van der Waals surface area contributed by atoms with Gasteiger partial charge in [0, 0.05) is 26.2 Å². The second kappa shape index (κ2) is 5.83. The molecule has 4 heteroatoms. The first-order valence-corrected chi connectivity index (χ1v) is 6.91. The number of nitrogens with zero attached hydrogens (tertiary/aromatic N) is 1. The first-order valence-electron chi connectivity index (χ1n) is 6.91. The predicted octanol–water partition coefficient (Wildman–Crippen LogP) is 0.572. The fourth-order valence-electron chi connectivity index (χ4n) is 3.30. The highest BCUT2D eigenvalue weighted by Crippen LogP contribution is 2.29. The maximum Gasteiger partial charge on any atom is 0.236 e. The average molecular weight is 239 g/mol. The molecule has 2 aliphatic rings. The van der Waals surface area contributed by atoms with Crippen LogP contribution in [0, 0.1) is 11.8 Å². The summed E-state index contributed by atoms with van der Waals surface area (Å²) in [6.45, 7) is 6.05. The molecule has 3 unspecified atom stereocenters. The van der Waals surface area contributed by atoms with Crippen LogP contribution in [0.25, 0.3) is 0 Å². The molecule has 3 N–H and O–H groups in total. The summed E-state index contributed by atoms with van der Waals surface area (Å²) in [5, 5.41) is 3.25. The van der Waals surface area contributed by atoms with E-state index in [2.05, 4.69) is 17.1 Å². The molecular weight excluding hydrogens is 214 g/mol. The Morgan fingerprint density at radius 2 is 2.29 bits per heavy atom. The summed E-state index contributed by atoms with van der Waals surface area (Å²) >= 11 is 0. The van der Waals surface area contributed by atoms with E-state index in [0.717, 1.165) is 38.0 Å². The predicted molar refractivity (Wildman–Crippen MR) is 68.5 cm³/mol. The quantitative estimate of drug-likeness (QED) is 0.757. The van der Waals surface area contributed by atoms with E-state index < -0.39 is 0 Å². The van der Waals surface area contributed by atoms with E-state index in [9.17, 15) is 4.79 Å². The molecule has 0 radical (unpaired) electrons. The van der Waals surface area contributed by atoms with Gasteiger partial charge in [-0.2, -0.15) is 0 Å². The van der Waals surface area contributed by atoms with Crippen LogP contribution in [0.15, 0.2) is 0 Å². The molecule has 98 valence electrons. The van der Waals surface area contributed by atoms with E-state index in [4.69, 9.17) is 5.73 Å². The minimum absolute atomic E-state index is 0.0963. The van der Waals surface area contributed by atoms with Crippen LogP contribution < -0.4 is 11.1 Å². The molecule has 3 atom stereocenters. The molecule has 1 saturated heterocycles. The van der Waals surface area contributed by atoms with Gasteiger partial charge in [-0.05, 0) is 24.7 Å². The Bertz CT molecular complexity index is 269. The van der Waals surface area contributed by atoms with Crippen molar-refractivity contribution in [3.63, 3.8) is 0 Å². The molecule has 1 amide bonds. The van der Waals surface area contributed by atoms with Gasteiger partial charge in [0.15, 0.2) is 0 Å². The number of rotatable bonds is 3. The molecule has 0 aromatic rings. The van der Waals surface area contributed by atoms with E-state index in [1.807, 2.05) is 0 Å². The zero-order valence-corrected chi connectivity index (χ0v) is 10.8. The second-order valence-corrected chi connectivity index (χ2v) is 5.76. The van der Waals surface area contributed by atoms with Crippen LogP contribution in [0.2, 0.25) is 0 Å². The minimum Gasteiger partial charge on any atom is -0.368 e. The van der Waals surface area contributed by atoms with E-state index in [1.54, 1.807) is 0 Å². The van der Waals surface area contributed by atoms with Crippen LogP contribution in [-0.4, -0.2) is 43.0 Å². The monoisotopic (exact) mass is 239 g/mol. The molecular formula is C13H25N3O. The van der Waals surface area contributed by atoms with Crippen molar-refractivity contribution in [1.82, 2.24) is 10.2 Å². The molecule has 2 fully saturated rings. The van der Waals surface area contributed by atoms with E-state index in [-0.39, 0.29) is 11.9 Å². The third-order valence-electron chi connectivity index (χ3n) is 4.22. The maximum atomic E-state index is 11.4. The lowest BCUT2D eigenvalue weighted by Gasteiger charge is -2.38. The largest absolute Gasteiger partial charge is 0.368 e. The number of primary amides is 1. The van der Waals surface area contributed by atoms with Gasteiger partial charge >= 0.3 is 0 Å². The third kappa shape index (κ3) is 3.42. The van der Waals surface area contributed by atoms with E-state index >= 15 is 0 Å². The highest BCUT2D eigenvalue weighted by atomic mass is 16.1. The maximum absolute atomic E-state index is 11.4. The molecule has 0 aromatic heterocycles. The molecule has 2 rings (SSSR count). The molecule has 1 aliphatic carbocycles. The van der Waals surface area contributed by atoms with Gasteiger partial charge in [-0.3, -0.25) is 9.69 Å². The van der Waals surface area contributed by atoms with Gasteiger partial charge in [-0.25, -0.2) is 0 Å². The van der Waals surface area contributed by atoms with Crippen molar-refractivity contribution < 1.29 is 4.79 Å². The van der Waals surface area contributed by atoms with Crippen molar-refractivity contribution in [1.29, 1.82) is 0 Å². The Labute approximate surface area is 104 Å². The summed E-state index contributed by atoms with van der Waals surface area (Å²) in [6, 6.07) is -0.0963. The van der Waals surface area contributed by atoms with E-state index in [0.29, 0.717) is 0 Å². The van der Waals surface area contributed by atoms with Gasteiger partial charge in [0.2, 0.25) is 5.91 Å². The van der Waals surface area contributed by atoms with Gasteiger partial charge in [-0.15, -0.1) is 0 Å². The first kappa shape index (κ1) is 12.8. The fourth-order valence-corrected chi connectivity index (χ4v) is 3.30. The number of piperazine rings is 1. The van der Waals surface area contributed by atoms with Crippen LogP contribution in [0.1, 0.15) is 32.6 Å². The molecule has 1 heterocycles. The van der Waals surface area contributed by atoms with Crippen molar-refractivity contribution in [3.8, 4) is 0 Å². The summed E-state index contributed by atoms with van der Waals surface area (Å²) in [6.07, 6.45) is 5.35. The number of hydrogen-bond acceptors (Lipinski definition) is 3. The minimum atomic E-state index is -0.180. The Morgan fingerprint density at radius 1 is 1.47 bits per heavy atom. The van der Waals surface area contributed by atoms with Crippen molar-refractivity contribution in [3.05, 3.63) is 0 Å². The number of amides is 1. The zero-order chi connectivity index (χ0) is 12.3. The first-order chi connectivity index (χ1) is 8.16. The third-order valence-corrected chi connectivity index (χ3v) is 4.22. The van der Waals surface area contributed by atoms with Crippen molar-refractivity contribution in [2.75, 3.05) is 26.2 Å². The molecule has 4 nitrogen and oxygen atoms in total. The van der Waals surface area contributed by atoms with E-state index in [1.165, 1.54) is 25.7 Å². The molecule has 0 aromatic carbocycles. The lowest BCUT2D eigenvalue weighted by atomic mass is 9.82. The molecule has 1 aliphatic heterocycles. The normalized spacial score (nSPS) is 35.7. The van der Waals surface area contributed by atoms with Crippen molar-refractivity contribution in [2.24, 2.45) is 17.6 Å². The lowest BCUT2D eigenvalue weighted by Crippen LogP contribution is -2.57. The summed E-state index contributed by atoms with van der Waals surface area (Å²) in [4.78, 5) is 13.7. The van der Waals surface area contributed by atoms with Crippen LogP contribution in [0.5, 0.6) is 0 Å². The van der Waals surface area contributed by atoms with Crippen LogP contribution in [-0.2, 0) is 4.79 Å². The summed E-state index contributed by atoms with van der Waals surface area (Å²) in [7, 11) is 0. The van der Waals surface area contributed by atoms with Crippen LogP contribution >= 0.6 is 0 Å².